The lowest BCUT2D eigenvalue weighted by molar-refractivity contribution is -0.118. The van der Waals surface area contributed by atoms with E-state index in [-0.39, 0.29) is 0 Å². The minimum absolute atomic E-state index is 0.394. The van der Waals surface area contributed by atoms with Crippen molar-refractivity contribution in [2.75, 3.05) is 23.4 Å². The molecule has 4 heteroatoms. The van der Waals surface area contributed by atoms with Crippen LogP contribution in [-0.2, 0) is 4.79 Å². The number of hydrogen-bond donors (Lipinski definition) is 2. The summed E-state index contributed by atoms with van der Waals surface area (Å²) in [6.45, 7) is 6.85. The van der Waals surface area contributed by atoms with Gasteiger partial charge in [-0.2, -0.15) is 0 Å². The minimum Gasteiger partial charge on any atom is -0.387 e. The Morgan fingerprint density at radius 1 is 1.35 bits per heavy atom. The number of amides is 1. The van der Waals surface area contributed by atoms with Gasteiger partial charge in [0.25, 0.3) is 0 Å². The molecule has 0 aliphatic carbocycles. The average Bonchev–Trinajstić information content (AvgIpc) is 2.31. The lowest BCUT2D eigenvalue weighted by Gasteiger charge is -2.27. The van der Waals surface area contributed by atoms with Crippen molar-refractivity contribution in [2.45, 2.75) is 26.8 Å². The predicted molar refractivity (Wildman–Crippen MR) is 70.3 cm³/mol. The van der Waals surface area contributed by atoms with Crippen molar-refractivity contribution in [3.63, 3.8) is 0 Å². The van der Waals surface area contributed by atoms with Gasteiger partial charge in [-0.15, -0.1) is 0 Å². The Balaban J connectivity index is 2.76. The molecule has 1 rings (SSSR count). The fourth-order valence-electron chi connectivity index (χ4n) is 1.78. The standard InChI is InChI=1S/C13H20N2O2/c1-4-15(10(2)3)12-7-5-11(6-8-12)14-13(17)9-16/h5-8,10,16H,4,9H2,1-3H3,(H,14,17). The van der Waals surface area contributed by atoms with E-state index in [1.54, 1.807) is 0 Å². The summed E-state index contributed by atoms with van der Waals surface area (Å²) in [7, 11) is 0. The van der Waals surface area contributed by atoms with Gasteiger partial charge < -0.3 is 15.3 Å². The molecule has 0 saturated carbocycles. The van der Waals surface area contributed by atoms with Gasteiger partial charge >= 0.3 is 0 Å². The summed E-state index contributed by atoms with van der Waals surface area (Å²) < 4.78 is 0. The van der Waals surface area contributed by atoms with E-state index in [2.05, 4.69) is 31.0 Å². The van der Waals surface area contributed by atoms with Crippen LogP contribution in [0.3, 0.4) is 0 Å². The first-order valence-electron chi connectivity index (χ1n) is 5.86. The molecule has 0 spiro atoms. The molecule has 17 heavy (non-hydrogen) atoms. The first-order chi connectivity index (χ1) is 8.08. The molecule has 0 aromatic heterocycles. The van der Waals surface area contributed by atoms with Crippen LogP contribution in [0.4, 0.5) is 11.4 Å². The molecule has 0 atom stereocenters. The van der Waals surface area contributed by atoms with Gasteiger partial charge in [0, 0.05) is 24.0 Å². The normalized spacial score (nSPS) is 10.4. The number of nitrogens with zero attached hydrogens (tertiary/aromatic N) is 1. The second-order valence-corrected chi connectivity index (χ2v) is 4.13. The highest BCUT2D eigenvalue weighted by Gasteiger charge is 2.08. The summed E-state index contributed by atoms with van der Waals surface area (Å²) in [5.74, 6) is -0.394. The number of anilines is 2. The third-order valence-corrected chi connectivity index (χ3v) is 2.59. The van der Waals surface area contributed by atoms with Crippen LogP contribution in [0.5, 0.6) is 0 Å². The maximum atomic E-state index is 11.0. The molecule has 0 radical (unpaired) electrons. The topological polar surface area (TPSA) is 52.6 Å². The summed E-state index contributed by atoms with van der Waals surface area (Å²) >= 11 is 0. The highest BCUT2D eigenvalue weighted by Crippen LogP contribution is 2.19. The summed E-state index contributed by atoms with van der Waals surface area (Å²) in [5, 5.41) is 11.2. The molecular formula is C13H20N2O2. The summed E-state index contributed by atoms with van der Waals surface area (Å²) in [6, 6.07) is 8.06. The summed E-state index contributed by atoms with van der Waals surface area (Å²) in [6.07, 6.45) is 0. The number of aliphatic hydroxyl groups is 1. The molecule has 0 aliphatic rings. The molecule has 0 saturated heterocycles. The average molecular weight is 236 g/mol. The number of aliphatic hydroxyl groups excluding tert-OH is 1. The molecule has 0 fully saturated rings. The van der Waals surface area contributed by atoms with E-state index in [0.717, 1.165) is 12.2 Å². The zero-order valence-corrected chi connectivity index (χ0v) is 10.6. The molecular weight excluding hydrogens is 216 g/mol. The van der Waals surface area contributed by atoms with Crippen LogP contribution >= 0.6 is 0 Å². The van der Waals surface area contributed by atoms with Crippen LogP contribution < -0.4 is 10.2 Å². The number of nitrogens with one attached hydrogen (secondary N) is 1. The lowest BCUT2D eigenvalue weighted by Crippen LogP contribution is -2.30. The largest absolute Gasteiger partial charge is 0.387 e. The van der Waals surface area contributed by atoms with Crippen LogP contribution in [0, 0.1) is 0 Å². The number of rotatable bonds is 5. The van der Waals surface area contributed by atoms with Crippen LogP contribution in [0.25, 0.3) is 0 Å². The molecule has 1 aromatic rings. The van der Waals surface area contributed by atoms with E-state index in [1.807, 2.05) is 24.3 Å². The van der Waals surface area contributed by atoms with Crippen LogP contribution in [0.2, 0.25) is 0 Å². The van der Waals surface area contributed by atoms with Gasteiger partial charge in [-0.3, -0.25) is 4.79 Å². The van der Waals surface area contributed by atoms with Crippen molar-refractivity contribution in [2.24, 2.45) is 0 Å². The quantitative estimate of drug-likeness (QED) is 0.820. The highest BCUT2D eigenvalue weighted by atomic mass is 16.3. The van der Waals surface area contributed by atoms with E-state index in [9.17, 15) is 4.79 Å². The Kier molecular flexibility index (Phi) is 4.97. The third kappa shape index (κ3) is 3.75. The van der Waals surface area contributed by atoms with Crippen molar-refractivity contribution < 1.29 is 9.90 Å². The zero-order valence-electron chi connectivity index (χ0n) is 10.6. The van der Waals surface area contributed by atoms with Crippen molar-refractivity contribution >= 4 is 17.3 Å². The highest BCUT2D eigenvalue weighted by molar-refractivity contribution is 5.91. The zero-order chi connectivity index (χ0) is 12.8. The molecule has 4 nitrogen and oxygen atoms in total. The second kappa shape index (κ2) is 6.25. The Hall–Kier alpha value is -1.55. The number of benzene rings is 1. The smallest absolute Gasteiger partial charge is 0.250 e. The Morgan fingerprint density at radius 2 is 1.94 bits per heavy atom. The van der Waals surface area contributed by atoms with Gasteiger partial charge in [-0.1, -0.05) is 0 Å². The van der Waals surface area contributed by atoms with Crippen molar-refractivity contribution in [1.82, 2.24) is 0 Å². The summed E-state index contributed by atoms with van der Waals surface area (Å²) in [4.78, 5) is 13.3. The molecule has 1 amide bonds. The summed E-state index contributed by atoms with van der Waals surface area (Å²) in [5.41, 5.74) is 1.83. The van der Waals surface area contributed by atoms with Gasteiger partial charge in [0.05, 0.1) is 0 Å². The van der Waals surface area contributed by atoms with Crippen molar-refractivity contribution in [1.29, 1.82) is 0 Å². The molecule has 1 aromatic carbocycles. The van der Waals surface area contributed by atoms with Crippen molar-refractivity contribution in [3.05, 3.63) is 24.3 Å². The van der Waals surface area contributed by atoms with Gasteiger partial charge in [0.1, 0.15) is 6.61 Å². The van der Waals surface area contributed by atoms with E-state index >= 15 is 0 Å². The molecule has 94 valence electrons. The van der Waals surface area contributed by atoms with E-state index < -0.39 is 12.5 Å². The van der Waals surface area contributed by atoms with Gasteiger partial charge in [0.15, 0.2) is 0 Å². The molecule has 0 bridgehead atoms. The van der Waals surface area contributed by atoms with Gasteiger partial charge in [-0.25, -0.2) is 0 Å². The lowest BCUT2D eigenvalue weighted by atomic mass is 10.2. The van der Waals surface area contributed by atoms with Crippen LogP contribution in [0.15, 0.2) is 24.3 Å². The minimum atomic E-state index is -0.491. The van der Waals surface area contributed by atoms with E-state index in [1.165, 1.54) is 0 Å². The second-order valence-electron chi connectivity index (χ2n) is 4.13. The van der Waals surface area contributed by atoms with Gasteiger partial charge in [-0.05, 0) is 45.0 Å². The first-order valence-corrected chi connectivity index (χ1v) is 5.86. The Labute approximate surface area is 102 Å². The first kappa shape index (κ1) is 13.5. The maximum absolute atomic E-state index is 11.0. The van der Waals surface area contributed by atoms with E-state index in [4.69, 9.17) is 5.11 Å². The molecule has 2 N–H and O–H groups in total. The van der Waals surface area contributed by atoms with Gasteiger partial charge in [0.2, 0.25) is 5.91 Å². The maximum Gasteiger partial charge on any atom is 0.250 e. The fraction of sp³-hybridized carbons (Fsp3) is 0.462. The number of carbonyl (C=O) groups is 1. The third-order valence-electron chi connectivity index (χ3n) is 2.59. The Morgan fingerprint density at radius 3 is 2.35 bits per heavy atom. The van der Waals surface area contributed by atoms with E-state index in [0.29, 0.717) is 11.7 Å². The Bertz CT molecular complexity index is 360. The fourth-order valence-corrected chi connectivity index (χ4v) is 1.78. The SMILES string of the molecule is CCN(c1ccc(NC(=O)CO)cc1)C(C)C. The molecule has 0 unspecified atom stereocenters. The monoisotopic (exact) mass is 236 g/mol. The van der Waals surface area contributed by atoms with Crippen molar-refractivity contribution in [3.8, 4) is 0 Å². The molecule has 0 aliphatic heterocycles. The number of hydrogen-bond acceptors (Lipinski definition) is 3. The van der Waals surface area contributed by atoms with Crippen LogP contribution in [-0.4, -0.2) is 30.2 Å². The number of carbonyl (C=O) groups excluding carboxylic acids is 1. The van der Waals surface area contributed by atoms with Crippen LogP contribution in [0.1, 0.15) is 20.8 Å². The molecule has 0 heterocycles. The predicted octanol–water partition coefficient (Wildman–Crippen LogP) is 1.85.